The summed E-state index contributed by atoms with van der Waals surface area (Å²) < 4.78 is 0. The molecule has 0 spiro atoms. The average molecular weight is 292 g/mol. The predicted molar refractivity (Wildman–Crippen MR) is 86.2 cm³/mol. The van der Waals surface area contributed by atoms with Crippen molar-refractivity contribution in [3.8, 4) is 0 Å². The maximum absolute atomic E-state index is 12.1. The van der Waals surface area contributed by atoms with E-state index in [1.54, 1.807) is 0 Å². The van der Waals surface area contributed by atoms with Gasteiger partial charge in [0.25, 0.3) is 0 Å². The molecule has 110 valence electrons. The van der Waals surface area contributed by atoms with Crippen molar-refractivity contribution in [2.45, 2.75) is 24.5 Å². The third kappa shape index (κ3) is 4.84. The van der Waals surface area contributed by atoms with Crippen LogP contribution in [0.3, 0.4) is 0 Å². The molecule has 0 bridgehead atoms. The number of benzene rings is 1. The molecule has 1 aliphatic rings. The van der Waals surface area contributed by atoms with Crippen molar-refractivity contribution in [1.29, 1.82) is 0 Å². The first-order valence-electron chi connectivity index (χ1n) is 7.33. The molecule has 1 saturated heterocycles. The summed E-state index contributed by atoms with van der Waals surface area (Å²) in [6, 6.07) is 10.0. The summed E-state index contributed by atoms with van der Waals surface area (Å²) >= 11 is 4.43. The van der Waals surface area contributed by atoms with Gasteiger partial charge in [-0.3, -0.25) is 4.79 Å². The highest BCUT2D eigenvalue weighted by molar-refractivity contribution is 7.81. The van der Waals surface area contributed by atoms with Crippen molar-refractivity contribution in [2.24, 2.45) is 5.92 Å². The van der Waals surface area contributed by atoms with Crippen LogP contribution in [-0.4, -0.2) is 42.7 Å². The molecule has 0 aromatic heterocycles. The number of amides is 1. The highest BCUT2D eigenvalue weighted by Gasteiger charge is 2.19. The van der Waals surface area contributed by atoms with E-state index < -0.39 is 0 Å². The fourth-order valence-electron chi connectivity index (χ4n) is 2.73. The minimum atomic E-state index is -0.265. The molecule has 20 heavy (non-hydrogen) atoms. The Bertz CT molecular complexity index is 424. The minimum Gasteiger partial charge on any atom is -0.355 e. The lowest BCUT2D eigenvalue weighted by molar-refractivity contribution is -0.120. The summed E-state index contributed by atoms with van der Waals surface area (Å²) in [5.41, 5.74) is 1.15. The minimum absolute atomic E-state index is 0.0467. The van der Waals surface area contributed by atoms with Gasteiger partial charge in [-0.25, -0.2) is 0 Å². The van der Waals surface area contributed by atoms with Crippen molar-refractivity contribution < 1.29 is 4.79 Å². The SMILES string of the molecule is CN1CCCC(CNC(=O)C(S)Cc2ccccc2)C1. The number of hydrogen-bond donors (Lipinski definition) is 2. The van der Waals surface area contributed by atoms with Crippen molar-refractivity contribution in [2.75, 3.05) is 26.7 Å². The summed E-state index contributed by atoms with van der Waals surface area (Å²) in [6.45, 7) is 3.03. The van der Waals surface area contributed by atoms with E-state index in [9.17, 15) is 4.79 Å². The van der Waals surface area contributed by atoms with Gasteiger partial charge in [-0.1, -0.05) is 30.3 Å². The monoisotopic (exact) mass is 292 g/mol. The predicted octanol–water partition coefficient (Wildman–Crippen LogP) is 1.99. The fourth-order valence-corrected chi connectivity index (χ4v) is 3.03. The lowest BCUT2D eigenvalue weighted by atomic mass is 9.98. The van der Waals surface area contributed by atoms with Gasteiger partial charge < -0.3 is 10.2 Å². The highest BCUT2D eigenvalue weighted by atomic mass is 32.1. The Morgan fingerprint density at radius 1 is 1.45 bits per heavy atom. The molecule has 1 aliphatic heterocycles. The van der Waals surface area contributed by atoms with Crippen molar-refractivity contribution >= 4 is 18.5 Å². The van der Waals surface area contributed by atoms with Gasteiger partial charge in [0, 0.05) is 13.1 Å². The number of hydrogen-bond acceptors (Lipinski definition) is 3. The van der Waals surface area contributed by atoms with Crippen molar-refractivity contribution in [1.82, 2.24) is 10.2 Å². The maximum Gasteiger partial charge on any atom is 0.233 e. The Hall–Kier alpha value is -1.00. The van der Waals surface area contributed by atoms with Crippen LogP contribution in [0.5, 0.6) is 0 Å². The van der Waals surface area contributed by atoms with Gasteiger partial charge in [0.2, 0.25) is 5.91 Å². The lowest BCUT2D eigenvalue weighted by Gasteiger charge is -2.29. The van der Waals surface area contributed by atoms with E-state index >= 15 is 0 Å². The summed E-state index contributed by atoms with van der Waals surface area (Å²) in [6.07, 6.45) is 3.12. The first kappa shape index (κ1) is 15.4. The van der Waals surface area contributed by atoms with Crippen LogP contribution in [0.4, 0.5) is 0 Å². The van der Waals surface area contributed by atoms with E-state index in [0.717, 1.165) is 18.7 Å². The van der Waals surface area contributed by atoms with Crippen LogP contribution < -0.4 is 5.32 Å². The first-order valence-corrected chi connectivity index (χ1v) is 7.85. The first-order chi connectivity index (χ1) is 9.65. The van der Waals surface area contributed by atoms with Crippen LogP contribution in [0.2, 0.25) is 0 Å². The Labute approximate surface area is 127 Å². The molecule has 3 nitrogen and oxygen atoms in total. The van der Waals surface area contributed by atoms with E-state index in [0.29, 0.717) is 12.3 Å². The third-order valence-electron chi connectivity index (χ3n) is 3.86. The molecule has 4 heteroatoms. The van der Waals surface area contributed by atoms with Crippen LogP contribution in [0, 0.1) is 5.92 Å². The summed E-state index contributed by atoms with van der Waals surface area (Å²) in [4.78, 5) is 14.4. The number of nitrogens with zero attached hydrogens (tertiary/aromatic N) is 1. The van der Waals surface area contributed by atoms with Crippen molar-refractivity contribution in [3.63, 3.8) is 0 Å². The zero-order chi connectivity index (χ0) is 14.4. The molecule has 0 aliphatic carbocycles. The summed E-state index contributed by atoms with van der Waals surface area (Å²) in [5, 5.41) is 2.79. The molecule has 2 atom stereocenters. The normalized spacial score (nSPS) is 21.4. The number of carbonyl (C=O) groups excluding carboxylic acids is 1. The molecule has 0 saturated carbocycles. The molecule has 1 amide bonds. The van der Waals surface area contributed by atoms with Gasteiger partial charge in [0.05, 0.1) is 5.25 Å². The topological polar surface area (TPSA) is 32.3 Å². The number of rotatable bonds is 5. The highest BCUT2D eigenvalue weighted by Crippen LogP contribution is 2.14. The Balaban J connectivity index is 1.74. The molecule has 1 aromatic rings. The van der Waals surface area contributed by atoms with Gasteiger partial charge >= 0.3 is 0 Å². The van der Waals surface area contributed by atoms with Gasteiger partial charge in [0.15, 0.2) is 0 Å². The number of thiol groups is 1. The number of nitrogens with one attached hydrogen (secondary N) is 1. The van der Waals surface area contributed by atoms with Crippen LogP contribution in [0.25, 0.3) is 0 Å². The molecule has 1 N–H and O–H groups in total. The van der Waals surface area contributed by atoms with E-state index in [2.05, 4.69) is 29.9 Å². The van der Waals surface area contributed by atoms with E-state index in [4.69, 9.17) is 0 Å². The molecule has 0 radical (unpaired) electrons. The van der Waals surface area contributed by atoms with Crippen LogP contribution in [-0.2, 0) is 11.2 Å². The number of likely N-dealkylation sites (tertiary alicyclic amines) is 1. The third-order valence-corrected chi connectivity index (χ3v) is 4.28. The Morgan fingerprint density at radius 3 is 2.90 bits per heavy atom. The number of piperidine rings is 1. The average Bonchev–Trinajstić information content (AvgIpc) is 2.46. The quantitative estimate of drug-likeness (QED) is 0.814. The summed E-state index contributed by atoms with van der Waals surface area (Å²) in [7, 11) is 2.14. The van der Waals surface area contributed by atoms with Crippen LogP contribution >= 0.6 is 12.6 Å². The fraction of sp³-hybridized carbons (Fsp3) is 0.562. The summed E-state index contributed by atoms with van der Waals surface area (Å²) in [5.74, 6) is 0.625. The molecular formula is C16H24N2OS. The zero-order valence-corrected chi connectivity index (χ0v) is 13.0. The van der Waals surface area contributed by atoms with Crippen LogP contribution in [0.15, 0.2) is 30.3 Å². The molecule has 1 heterocycles. The van der Waals surface area contributed by atoms with Gasteiger partial charge in [0.1, 0.15) is 0 Å². The lowest BCUT2D eigenvalue weighted by Crippen LogP contribution is -2.41. The molecular weight excluding hydrogens is 268 g/mol. The Kier molecular flexibility index (Phi) is 5.92. The standard InChI is InChI=1S/C16H24N2OS/c1-18-9-5-8-14(12-18)11-17-16(19)15(20)10-13-6-3-2-4-7-13/h2-4,6-7,14-15,20H,5,8-12H2,1H3,(H,17,19). The second-order valence-electron chi connectivity index (χ2n) is 5.72. The molecule has 2 rings (SSSR count). The van der Waals surface area contributed by atoms with Gasteiger partial charge in [-0.05, 0) is 44.3 Å². The second-order valence-corrected chi connectivity index (χ2v) is 6.34. The number of carbonyl (C=O) groups is 1. The van der Waals surface area contributed by atoms with Gasteiger partial charge in [-0.2, -0.15) is 12.6 Å². The van der Waals surface area contributed by atoms with Gasteiger partial charge in [-0.15, -0.1) is 0 Å². The smallest absolute Gasteiger partial charge is 0.233 e. The van der Waals surface area contributed by atoms with E-state index in [-0.39, 0.29) is 11.2 Å². The second kappa shape index (κ2) is 7.70. The van der Waals surface area contributed by atoms with Crippen molar-refractivity contribution in [3.05, 3.63) is 35.9 Å². The van der Waals surface area contributed by atoms with E-state index in [1.807, 2.05) is 30.3 Å². The molecule has 1 aromatic carbocycles. The Morgan fingerprint density at radius 2 is 2.20 bits per heavy atom. The molecule has 1 fully saturated rings. The van der Waals surface area contributed by atoms with E-state index in [1.165, 1.54) is 19.4 Å². The van der Waals surface area contributed by atoms with Crippen LogP contribution in [0.1, 0.15) is 18.4 Å². The zero-order valence-electron chi connectivity index (χ0n) is 12.1. The maximum atomic E-state index is 12.1. The largest absolute Gasteiger partial charge is 0.355 e. The molecule has 2 unspecified atom stereocenters.